The van der Waals surface area contributed by atoms with Crippen molar-refractivity contribution in [3.63, 3.8) is 0 Å². The fourth-order valence-electron chi connectivity index (χ4n) is 2.91. The zero-order valence-corrected chi connectivity index (χ0v) is 17.7. The van der Waals surface area contributed by atoms with Crippen LogP contribution in [0.3, 0.4) is 0 Å². The Morgan fingerprint density at radius 1 is 1.38 bits per heavy atom. The van der Waals surface area contributed by atoms with Gasteiger partial charge in [0, 0.05) is 18.4 Å². The third kappa shape index (κ3) is 4.54. The molecule has 148 valence electrons. The van der Waals surface area contributed by atoms with Crippen molar-refractivity contribution in [2.45, 2.75) is 71.0 Å². The van der Waals surface area contributed by atoms with Crippen LogP contribution in [0.4, 0.5) is 0 Å². The van der Waals surface area contributed by atoms with Gasteiger partial charge in [-0.25, -0.2) is 4.79 Å². The first kappa shape index (κ1) is 21.1. The first-order valence-corrected chi connectivity index (χ1v) is 12.1. The molecule has 0 bridgehead atoms. The molecule has 7 nitrogen and oxygen atoms in total. The molecule has 1 aromatic rings. The van der Waals surface area contributed by atoms with Crippen molar-refractivity contribution in [1.82, 2.24) is 9.55 Å². The van der Waals surface area contributed by atoms with E-state index in [1.165, 1.54) is 4.57 Å². The van der Waals surface area contributed by atoms with Crippen molar-refractivity contribution in [1.29, 1.82) is 0 Å². The van der Waals surface area contributed by atoms with Gasteiger partial charge in [-0.1, -0.05) is 20.8 Å². The van der Waals surface area contributed by atoms with Gasteiger partial charge in [0.15, 0.2) is 8.32 Å². The lowest BCUT2D eigenvalue weighted by Crippen LogP contribution is -2.43. The maximum absolute atomic E-state index is 12.2. The molecular formula is C18H32N2O5Si. The Kier molecular flexibility index (Phi) is 6.32. The Morgan fingerprint density at radius 3 is 2.62 bits per heavy atom. The molecule has 3 atom stereocenters. The molecule has 2 N–H and O–H groups in total. The molecule has 2 rings (SSSR count). The van der Waals surface area contributed by atoms with Crippen LogP contribution in [0.25, 0.3) is 0 Å². The van der Waals surface area contributed by atoms with Gasteiger partial charge in [0.1, 0.15) is 6.23 Å². The van der Waals surface area contributed by atoms with Crippen LogP contribution in [0, 0.1) is 12.8 Å². The lowest BCUT2D eigenvalue weighted by atomic mass is 9.98. The molecule has 0 radical (unpaired) electrons. The molecule has 1 aliphatic rings. The molecule has 1 aromatic heterocycles. The van der Waals surface area contributed by atoms with Crippen LogP contribution in [0.2, 0.25) is 18.1 Å². The Labute approximate surface area is 155 Å². The average Bonchev–Trinajstić information content (AvgIpc) is 2.91. The maximum Gasteiger partial charge on any atom is 0.330 e. The average molecular weight is 385 g/mol. The van der Waals surface area contributed by atoms with E-state index in [-0.39, 0.29) is 29.2 Å². The van der Waals surface area contributed by atoms with E-state index in [0.29, 0.717) is 25.0 Å². The summed E-state index contributed by atoms with van der Waals surface area (Å²) in [6.45, 7) is 13.1. The summed E-state index contributed by atoms with van der Waals surface area (Å²) in [7, 11) is -1.91. The van der Waals surface area contributed by atoms with E-state index >= 15 is 0 Å². The number of aromatic nitrogens is 2. The van der Waals surface area contributed by atoms with Crippen LogP contribution in [-0.2, 0) is 9.16 Å². The van der Waals surface area contributed by atoms with Crippen LogP contribution < -0.4 is 11.2 Å². The van der Waals surface area contributed by atoms with Crippen molar-refractivity contribution in [2.75, 3.05) is 13.2 Å². The van der Waals surface area contributed by atoms with Gasteiger partial charge in [0.2, 0.25) is 0 Å². The summed E-state index contributed by atoms with van der Waals surface area (Å²) in [6, 6.07) is 0. The molecule has 0 saturated carbocycles. The number of nitrogens with one attached hydrogen (secondary N) is 1. The largest absolute Gasteiger partial charge is 0.414 e. The number of rotatable bonds is 6. The second-order valence-corrected chi connectivity index (χ2v) is 13.5. The molecule has 0 spiro atoms. The normalized spacial score (nSPS) is 24.2. The minimum atomic E-state index is -1.91. The van der Waals surface area contributed by atoms with Gasteiger partial charge in [-0.3, -0.25) is 14.3 Å². The number of H-pyrrole nitrogens is 1. The fourth-order valence-corrected chi connectivity index (χ4v) is 3.92. The first-order chi connectivity index (χ1) is 12.0. The Balaban J connectivity index is 2.17. The van der Waals surface area contributed by atoms with E-state index in [1.54, 1.807) is 13.1 Å². The minimum absolute atomic E-state index is 0.0664. The number of ether oxygens (including phenoxy) is 1. The number of hydrogen-bond acceptors (Lipinski definition) is 5. The summed E-state index contributed by atoms with van der Waals surface area (Å²) in [6.07, 6.45) is 2.11. The molecule has 26 heavy (non-hydrogen) atoms. The van der Waals surface area contributed by atoms with Gasteiger partial charge >= 0.3 is 5.69 Å². The topological polar surface area (TPSA) is 93.6 Å². The summed E-state index contributed by atoms with van der Waals surface area (Å²) in [4.78, 5) is 26.1. The predicted octanol–water partition coefficient (Wildman–Crippen LogP) is 2.15. The van der Waals surface area contributed by atoms with Crippen molar-refractivity contribution >= 4 is 8.32 Å². The molecule has 2 heterocycles. The Morgan fingerprint density at radius 2 is 2.04 bits per heavy atom. The van der Waals surface area contributed by atoms with Crippen LogP contribution in [0.1, 0.15) is 45.4 Å². The SMILES string of the molecule is Cc1cn([C@H]2C[C@H](CCO)[C@@H](CO[Si](C)(C)C(C)(C)C)O2)c(=O)[nH]c1=O. The number of aryl methyl sites for hydroxylation is 1. The maximum atomic E-state index is 12.2. The molecular weight excluding hydrogens is 352 g/mol. The minimum Gasteiger partial charge on any atom is -0.414 e. The Hall–Kier alpha value is -1.22. The fraction of sp³-hybridized carbons (Fsp3) is 0.778. The van der Waals surface area contributed by atoms with E-state index in [2.05, 4.69) is 38.8 Å². The monoisotopic (exact) mass is 384 g/mol. The summed E-state index contributed by atoms with van der Waals surface area (Å²) < 4.78 is 13.9. The predicted molar refractivity (Wildman–Crippen MR) is 103 cm³/mol. The smallest absolute Gasteiger partial charge is 0.330 e. The van der Waals surface area contributed by atoms with Crippen molar-refractivity contribution in [2.24, 2.45) is 5.92 Å². The number of aromatic amines is 1. The van der Waals surface area contributed by atoms with Crippen LogP contribution >= 0.6 is 0 Å². The molecule has 1 saturated heterocycles. The highest BCUT2D eigenvalue weighted by molar-refractivity contribution is 6.74. The van der Waals surface area contributed by atoms with E-state index in [1.807, 2.05) is 0 Å². The van der Waals surface area contributed by atoms with E-state index < -0.39 is 20.2 Å². The summed E-state index contributed by atoms with van der Waals surface area (Å²) >= 11 is 0. The number of aliphatic hydroxyl groups excluding tert-OH is 1. The molecule has 1 fully saturated rings. The van der Waals surface area contributed by atoms with Crippen molar-refractivity contribution < 1.29 is 14.3 Å². The van der Waals surface area contributed by atoms with Gasteiger partial charge in [0.25, 0.3) is 5.56 Å². The molecule has 0 aromatic carbocycles. The summed E-state index contributed by atoms with van der Waals surface area (Å²) in [5.74, 6) is 0.105. The van der Waals surface area contributed by atoms with Gasteiger partial charge in [-0.05, 0) is 43.8 Å². The van der Waals surface area contributed by atoms with E-state index in [0.717, 1.165) is 0 Å². The molecule has 0 unspecified atom stereocenters. The standard InChI is InChI=1S/C18H32N2O5Si/c1-12-10-20(17(23)19-16(12)22)15-9-13(7-8-21)14(25-15)11-24-26(5,6)18(2,3)4/h10,13-15,21H,7-9,11H2,1-6H3,(H,19,22,23)/t13-,14+,15+/m0/s1. The second kappa shape index (κ2) is 7.80. The quantitative estimate of drug-likeness (QED) is 0.733. The van der Waals surface area contributed by atoms with Gasteiger partial charge in [-0.2, -0.15) is 0 Å². The first-order valence-electron chi connectivity index (χ1n) is 9.18. The molecule has 8 heteroatoms. The molecule has 1 aliphatic heterocycles. The van der Waals surface area contributed by atoms with Crippen molar-refractivity contribution in [3.8, 4) is 0 Å². The lowest BCUT2D eigenvalue weighted by Gasteiger charge is -2.37. The highest BCUT2D eigenvalue weighted by Gasteiger charge is 2.41. The third-order valence-electron chi connectivity index (χ3n) is 5.73. The number of hydrogen-bond donors (Lipinski definition) is 2. The highest BCUT2D eigenvalue weighted by Crippen LogP contribution is 2.39. The van der Waals surface area contributed by atoms with E-state index in [9.17, 15) is 14.7 Å². The lowest BCUT2D eigenvalue weighted by molar-refractivity contribution is -0.0316. The molecule has 0 amide bonds. The number of aliphatic hydroxyl groups is 1. The van der Waals surface area contributed by atoms with Gasteiger partial charge in [-0.15, -0.1) is 0 Å². The Bertz CT molecular complexity index is 734. The van der Waals surface area contributed by atoms with Crippen molar-refractivity contribution in [3.05, 3.63) is 32.6 Å². The highest BCUT2D eigenvalue weighted by atomic mass is 28.4. The molecule has 0 aliphatic carbocycles. The van der Waals surface area contributed by atoms with Gasteiger partial charge in [0.05, 0.1) is 12.7 Å². The van der Waals surface area contributed by atoms with Gasteiger partial charge < -0.3 is 14.3 Å². The summed E-state index contributed by atoms with van der Waals surface area (Å²) in [5, 5.41) is 9.49. The van der Waals surface area contributed by atoms with Crippen LogP contribution in [0.5, 0.6) is 0 Å². The zero-order chi connectivity index (χ0) is 19.7. The van der Waals surface area contributed by atoms with E-state index in [4.69, 9.17) is 9.16 Å². The van der Waals surface area contributed by atoms with Crippen LogP contribution in [0.15, 0.2) is 15.8 Å². The van der Waals surface area contributed by atoms with Crippen LogP contribution in [-0.4, -0.2) is 42.3 Å². The zero-order valence-electron chi connectivity index (χ0n) is 16.7. The number of nitrogens with zero attached hydrogens (tertiary/aromatic N) is 1. The second-order valence-electron chi connectivity index (χ2n) is 8.69. The third-order valence-corrected chi connectivity index (χ3v) is 10.2. The summed E-state index contributed by atoms with van der Waals surface area (Å²) in [5.41, 5.74) is -0.388.